The topological polar surface area (TPSA) is 15.3 Å². The fraction of sp³-hybridized carbons (Fsp3) is 0.733. The third-order valence-corrected chi connectivity index (χ3v) is 4.63. The van der Waals surface area contributed by atoms with E-state index in [-0.39, 0.29) is 5.54 Å². The minimum Gasteiger partial charge on any atom is -0.312 e. The van der Waals surface area contributed by atoms with Crippen LogP contribution in [0.1, 0.15) is 40.2 Å². The summed E-state index contributed by atoms with van der Waals surface area (Å²) in [5.74, 6) is 0. The van der Waals surface area contributed by atoms with Crippen molar-refractivity contribution in [3.8, 4) is 0 Å². The summed E-state index contributed by atoms with van der Waals surface area (Å²) >= 11 is 1.79. The van der Waals surface area contributed by atoms with Crippen LogP contribution in [0.4, 0.5) is 0 Å². The zero-order valence-electron chi connectivity index (χ0n) is 12.5. The number of hydrogen-bond donors (Lipinski definition) is 1. The molecule has 1 N–H and O–H groups in total. The van der Waals surface area contributed by atoms with Crippen molar-refractivity contribution in [2.75, 3.05) is 19.6 Å². The second-order valence-electron chi connectivity index (χ2n) is 5.27. The molecule has 1 unspecified atom stereocenters. The summed E-state index contributed by atoms with van der Waals surface area (Å²) in [6.07, 6.45) is 1.11. The molecule has 0 aliphatic carbocycles. The van der Waals surface area contributed by atoms with Gasteiger partial charge in [-0.2, -0.15) is 11.3 Å². The molecular formula is C15H28N2S. The van der Waals surface area contributed by atoms with E-state index < -0.39 is 0 Å². The Labute approximate surface area is 116 Å². The summed E-state index contributed by atoms with van der Waals surface area (Å²) in [4.78, 5) is 2.55. The second kappa shape index (κ2) is 7.27. The maximum atomic E-state index is 3.67. The Kier molecular flexibility index (Phi) is 6.33. The molecule has 0 aliphatic heterocycles. The first kappa shape index (κ1) is 15.7. The van der Waals surface area contributed by atoms with Crippen LogP contribution in [0.5, 0.6) is 0 Å². The normalized spacial score (nSPS) is 14.1. The van der Waals surface area contributed by atoms with Crippen LogP contribution in [0.25, 0.3) is 0 Å². The number of nitrogens with one attached hydrogen (secondary N) is 1. The Morgan fingerprint density at radius 2 is 1.94 bits per heavy atom. The first-order valence-corrected chi connectivity index (χ1v) is 7.99. The predicted molar refractivity (Wildman–Crippen MR) is 82.5 cm³/mol. The van der Waals surface area contributed by atoms with Crippen molar-refractivity contribution in [2.45, 2.75) is 52.6 Å². The molecular weight excluding hydrogens is 240 g/mol. The molecule has 0 amide bonds. The van der Waals surface area contributed by atoms with Crippen molar-refractivity contribution in [3.63, 3.8) is 0 Å². The Morgan fingerprint density at radius 3 is 2.39 bits per heavy atom. The van der Waals surface area contributed by atoms with Crippen LogP contribution in [0.3, 0.4) is 0 Å². The van der Waals surface area contributed by atoms with Crippen molar-refractivity contribution in [1.29, 1.82) is 0 Å². The molecule has 0 bridgehead atoms. The summed E-state index contributed by atoms with van der Waals surface area (Å²) in [6, 6.07) is 2.74. The monoisotopic (exact) mass is 268 g/mol. The van der Waals surface area contributed by atoms with Crippen LogP contribution in [-0.4, -0.2) is 36.1 Å². The van der Waals surface area contributed by atoms with Gasteiger partial charge in [0.1, 0.15) is 0 Å². The molecule has 0 aromatic carbocycles. The molecule has 0 spiro atoms. The van der Waals surface area contributed by atoms with Crippen LogP contribution in [0.2, 0.25) is 0 Å². The van der Waals surface area contributed by atoms with Gasteiger partial charge in [-0.3, -0.25) is 4.90 Å². The quantitative estimate of drug-likeness (QED) is 0.777. The molecule has 18 heavy (non-hydrogen) atoms. The van der Waals surface area contributed by atoms with Crippen LogP contribution < -0.4 is 5.32 Å². The van der Waals surface area contributed by atoms with E-state index >= 15 is 0 Å². The smallest absolute Gasteiger partial charge is 0.0309 e. The number of likely N-dealkylation sites (N-methyl/N-ethyl adjacent to an activating group) is 2. The average Bonchev–Trinajstić information content (AvgIpc) is 2.82. The Morgan fingerprint density at radius 1 is 1.28 bits per heavy atom. The minimum absolute atomic E-state index is 0.182. The average molecular weight is 268 g/mol. The highest BCUT2D eigenvalue weighted by atomic mass is 32.1. The summed E-state index contributed by atoms with van der Waals surface area (Å²) in [6.45, 7) is 14.7. The molecule has 0 radical (unpaired) electrons. The van der Waals surface area contributed by atoms with E-state index in [1.807, 2.05) is 0 Å². The van der Waals surface area contributed by atoms with Gasteiger partial charge in [0.15, 0.2) is 0 Å². The summed E-state index contributed by atoms with van der Waals surface area (Å²) in [7, 11) is 0. The van der Waals surface area contributed by atoms with E-state index in [9.17, 15) is 0 Å². The van der Waals surface area contributed by atoms with Crippen LogP contribution >= 0.6 is 11.3 Å². The first-order chi connectivity index (χ1) is 8.56. The molecule has 1 aromatic rings. The van der Waals surface area contributed by atoms with Crippen molar-refractivity contribution in [1.82, 2.24) is 10.2 Å². The van der Waals surface area contributed by atoms with Gasteiger partial charge in [-0.05, 0) is 62.3 Å². The lowest BCUT2D eigenvalue weighted by molar-refractivity contribution is 0.0918. The number of nitrogens with zero attached hydrogens (tertiary/aromatic N) is 1. The molecule has 0 saturated heterocycles. The third kappa shape index (κ3) is 3.81. The largest absolute Gasteiger partial charge is 0.312 e. The van der Waals surface area contributed by atoms with E-state index in [1.165, 1.54) is 5.56 Å². The highest BCUT2D eigenvalue weighted by molar-refractivity contribution is 7.07. The number of thiophene rings is 1. The Balaban J connectivity index is 2.81. The van der Waals surface area contributed by atoms with Gasteiger partial charge in [-0.15, -0.1) is 0 Å². The zero-order valence-corrected chi connectivity index (χ0v) is 13.3. The molecule has 1 aromatic heterocycles. The predicted octanol–water partition coefficient (Wildman–Crippen LogP) is 3.39. The lowest BCUT2D eigenvalue weighted by atomic mass is 9.88. The fourth-order valence-corrected chi connectivity index (χ4v) is 3.40. The molecule has 1 heterocycles. The van der Waals surface area contributed by atoms with Gasteiger partial charge in [-0.25, -0.2) is 0 Å². The van der Waals surface area contributed by atoms with Gasteiger partial charge < -0.3 is 5.32 Å². The van der Waals surface area contributed by atoms with Gasteiger partial charge in [0.2, 0.25) is 0 Å². The molecule has 3 heteroatoms. The van der Waals surface area contributed by atoms with E-state index in [0.29, 0.717) is 6.04 Å². The molecule has 0 aliphatic rings. The van der Waals surface area contributed by atoms with Gasteiger partial charge in [0.05, 0.1) is 0 Å². The van der Waals surface area contributed by atoms with E-state index in [0.717, 1.165) is 26.1 Å². The van der Waals surface area contributed by atoms with E-state index in [2.05, 4.69) is 61.7 Å². The van der Waals surface area contributed by atoms with E-state index in [1.54, 1.807) is 11.3 Å². The summed E-state index contributed by atoms with van der Waals surface area (Å²) in [5.41, 5.74) is 1.63. The van der Waals surface area contributed by atoms with Gasteiger partial charge in [0, 0.05) is 11.6 Å². The lowest BCUT2D eigenvalue weighted by Gasteiger charge is -2.44. The van der Waals surface area contributed by atoms with E-state index in [4.69, 9.17) is 0 Å². The van der Waals surface area contributed by atoms with Gasteiger partial charge in [0.25, 0.3) is 0 Å². The van der Waals surface area contributed by atoms with Crippen LogP contribution in [0, 0.1) is 0 Å². The molecule has 1 atom stereocenters. The lowest BCUT2D eigenvalue weighted by Crippen LogP contribution is -2.58. The first-order valence-electron chi connectivity index (χ1n) is 7.05. The molecule has 0 fully saturated rings. The zero-order chi connectivity index (χ0) is 13.6. The van der Waals surface area contributed by atoms with Gasteiger partial charge in [-0.1, -0.05) is 20.8 Å². The van der Waals surface area contributed by atoms with Crippen LogP contribution in [-0.2, 0) is 6.42 Å². The van der Waals surface area contributed by atoms with Gasteiger partial charge >= 0.3 is 0 Å². The maximum absolute atomic E-state index is 3.67. The van der Waals surface area contributed by atoms with Crippen molar-refractivity contribution in [3.05, 3.63) is 22.4 Å². The molecule has 1 rings (SSSR count). The molecule has 0 saturated carbocycles. The van der Waals surface area contributed by atoms with Crippen molar-refractivity contribution >= 4 is 11.3 Å². The maximum Gasteiger partial charge on any atom is 0.0309 e. The Hall–Kier alpha value is -0.380. The molecule has 104 valence electrons. The van der Waals surface area contributed by atoms with Crippen molar-refractivity contribution < 1.29 is 0 Å². The van der Waals surface area contributed by atoms with Crippen molar-refractivity contribution in [2.24, 2.45) is 0 Å². The number of rotatable bonds is 8. The highest BCUT2D eigenvalue weighted by Gasteiger charge is 2.33. The highest BCUT2D eigenvalue weighted by Crippen LogP contribution is 2.22. The SMILES string of the molecule is CCNC(Cc1ccsc1)C(C)(C)N(CC)CC. The van der Waals surface area contributed by atoms with Crippen LogP contribution in [0.15, 0.2) is 16.8 Å². The number of hydrogen-bond acceptors (Lipinski definition) is 3. The third-order valence-electron chi connectivity index (χ3n) is 3.90. The second-order valence-corrected chi connectivity index (χ2v) is 6.05. The summed E-state index contributed by atoms with van der Waals surface area (Å²) < 4.78 is 0. The summed E-state index contributed by atoms with van der Waals surface area (Å²) in [5, 5.41) is 8.11. The molecule has 2 nitrogen and oxygen atoms in total. The standard InChI is InChI=1S/C15H28N2S/c1-6-16-14(11-13-9-10-18-12-13)15(4,5)17(7-2)8-3/h9-10,12,14,16H,6-8,11H2,1-5H3. The Bertz CT molecular complexity index is 315. The minimum atomic E-state index is 0.182. The fourth-order valence-electron chi connectivity index (χ4n) is 2.72.